The molecule has 2 nitrogen and oxygen atoms in total. The van der Waals surface area contributed by atoms with Gasteiger partial charge in [-0.05, 0) is 56.0 Å². The van der Waals surface area contributed by atoms with Crippen LogP contribution in [0.4, 0.5) is 5.69 Å². The second-order valence-electron chi connectivity index (χ2n) is 6.30. The van der Waals surface area contributed by atoms with Crippen molar-refractivity contribution in [3.63, 3.8) is 0 Å². The van der Waals surface area contributed by atoms with Crippen LogP contribution in [-0.2, 0) is 0 Å². The third kappa shape index (κ3) is 4.02. The van der Waals surface area contributed by atoms with Gasteiger partial charge in [0.2, 0.25) is 0 Å². The lowest BCUT2D eigenvalue weighted by Gasteiger charge is -2.36. The molecule has 100 valence electrons. The Kier molecular flexibility index (Phi) is 4.28. The summed E-state index contributed by atoms with van der Waals surface area (Å²) in [5, 5.41) is 3.51. The molecule has 2 heteroatoms. The van der Waals surface area contributed by atoms with Gasteiger partial charge in [-0.2, -0.15) is 0 Å². The minimum absolute atomic E-state index is 0.556. The van der Waals surface area contributed by atoms with Gasteiger partial charge in [0.15, 0.2) is 0 Å². The molecule has 0 aromatic heterocycles. The maximum absolute atomic E-state index is 3.51. The first-order valence-electron chi connectivity index (χ1n) is 7.08. The highest BCUT2D eigenvalue weighted by atomic mass is 15.1. The van der Waals surface area contributed by atoms with E-state index in [1.807, 2.05) is 0 Å². The number of hydrogen-bond acceptors (Lipinski definition) is 2. The summed E-state index contributed by atoms with van der Waals surface area (Å²) in [5.41, 5.74) is 3.12. The molecule has 0 atom stereocenters. The maximum atomic E-state index is 3.51. The first-order valence-corrected chi connectivity index (χ1v) is 7.08. The fourth-order valence-electron chi connectivity index (χ4n) is 2.50. The number of likely N-dealkylation sites (tertiary alicyclic amines) is 1. The third-order valence-corrected chi connectivity index (χ3v) is 3.98. The topological polar surface area (TPSA) is 15.3 Å². The van der Waals surface area contributed by atoms with Crippen LogP contribution in [0.15, 0.2) is 24.3 Å². The van der Waals surface area contributed by atoms with Crippen molar-refractivity contribution in [3.05, 3.63) is 29.8 Å². The minimum Gasteiger partial charge on any atom is -0.384 e. The Bertz CT molecular complexity index is 374. The van der Waals surface area contributed by atoms with Gasteiger partial charge in [-0.15, -0.1) is 0 Å². The molecule has 0 bridgehead atoms. The highest BCUT2D eigenvalue weighted by Crippen LogP contribution is 2.29. The molecule has 0 radical (unpaired) electrons. The number of nitrogens with one attached hydrogen (secondary N) is 1. The van der Waals surface area contributed by atoms with Crippen molar-refractivity contribution in [2.24, 2.45) is 5.41 Å². The largest absolute Gasteiger partial charge is 0.384 e. The monoisotopic (exact) mass is 246 g/mol. The maximum Gasteiger partial charge on any atom is 0.0343 e. The molecule has 1 aliphatic rings. The Hall–Kier alpha value is -1.02. The van der Waals surface area contributed by atoms with Gasteiger partial charge >= 0.3 is 0 Å². The van der Waals surface area contributed by atoms with E-state index in [0.717, 1.165) is 13.1 Å². The van der Waals surface area contributed by atoms with Gasteiger partial charge in [0.25, 0.3) is 0 Å². The Labute approximate surface area is 111 Å². The first-order chi connectivity index (χ1) is 8.55. The second-order valence-corrected chi connectivity index (χ2v) is 6.30. The molecule has 1 aromatic carbocycles. The van der Waals surface area contributed by atoms with Crippen LogP contribution in [-0.4, -0.2) is 31.1 Å². The van der Waals surface area contributed by atoms with Crippen molar-refractivity contribution >= 4 is 5.69 Å². The molecule has 0 aliphatic carbocycles. The van der Waals surface area contributed by atoms with E-state index in [1.165, 1.54) is 37.2 Å². The van der Waals surface area contributed by atoms with Crippen molar-refractivity contribution < 1.29 is 0 Å². The fourth-order valence-corrected chi connectivity index (χ4v) is 2.50. The molecule has 0 amide bonds. The smallest absolute Gasteiger partial charge is 0.0343 e. The average molecular weight is 246 g/mol. The second kappa shape index (κ2) is 5.75. The first kappa shape index (κ1) is 13.4. The quantitative estimate of drug-likeness (QED) is 0.874. The lowest BCUT2D eigenvalue weighted by Crippen LogP contribution is -2.39. The van der Waals surface area contributed by atoms with E-state index in [4.69, 9.17) is 0 Å². The fraction of sp³-hybridized carbons (Fsp3) is 0.625. The standard InChI is InChI=1S/C16H26N2/c1-14-5-4-6-15(13-14)17-9-12-18-10-7-16(2,3)8-11-18/h4-6,13,17H,7-12H2,1-3H3. The summed E-state index contributed by atoms with van der Waals surface area (Å²) in [5.74, 6) is 0. The summed E-state index contributed by atoms with van der Waals surface area (Å²) in [6, 6.07) is 8.60. The van der Waals surface area contributed by atoms with E-state index in [2.05, 4.69) is 55.3 Å². The number of hydrogen-bond donors (Lipinski definition) is 1. The molecular formula is C16H26N2. The van der Waals surface area contributed by atoms with Crippen molar-refractivity contribution in [2.45, 2.75) is 33.6 Å². The van der Waals surface area contributed by atoms with Crippen LogP contribution in [0, 0.1) is 12.3 Å². The molecule has 1 N–H and O–H groups in total. The minimum atomic E-state index is 0.556. The number of anilines is 1. The Morgan fingerprint density at radius 1 is 1.22 bits per heavy atom. The summed E-state index contributed by atoms with van der Waals surface area (Å²) in [7, 11) is 0. The van der Waals surface area contributed by atoms with Crippen molar-refractivity contribution in [3.8, 4) is 0 Å². The third-order valence-electron chi connectivity index (χ3n) is 3.98. The molecule has 1 saturated heterocycles. The predicted molar refractivity (Wildman–Crippen MR) is 79.1 cm³/mol. The van der Waals surface area contributed by atoms with E-state index >= 15 is 0 Å². The normalized spacial score (nSPS) is 19.7. The summed E-state index contributed by atoms with van der Waals surface area (Å²) < 4.78 is 0. The van der Waals surface area contributed by atoms with Gasteiger partial charge in [0.05, 0.1) is 0 Å². The van der Waals surface area contributed by atoms with Gasteiger partial charge in [-0.1, -0.05) is 26.0 Å². The zero-order chi connectivity index (χ0) is 13.0. The van der Waals surface area contributed by atoms with Gasteiger partial charge in [-0.3, -0.25) is 0 Å². The van der Waals surface area contributed by atoms with E-state index < -0.39 is 0 Å². The Morgan fingerprint density at radius 3 is 2.61 bits per heavy atom. The molecule has 1 fully saturated rings. The van der Waals surface area contributed by atoms with Crippen LogP contribution in [0.1, 0.15) is 32.3 Å². The molecule has 0 saturated carbocycles. The lowest BCUT2D eigenvalue weighted by molar-refractivity contribution is 0.137. The van der Waals surface area contributed by atoms with E-state index in [9.17, 15) is 0 Å². The van der Waals surface area contributed by atoms with Crippen molar-refractivity contribution in [1.82, 2.24) is 4.90 Å². The van der Waals surface area contributed by atoms with Gasteiger partial charge in [0, 0.05) is 18.8 Å². The summed E-state index contributed by atoms with van der Waals surface area (Å²) in [6.07, 6.45) is 2.66. The summed E-state index contributed by atoms with van der Waals surface area (Å²) in [4.78, 5) is 2.58. The van der Waals surface area contributed by atoms with Crippen LogP contribution in [0.25, 0.3) is 0 Å². The van der Waals surface area contributed by atoms with Gasteiger partial charge in [-0.25, -0.2) is 0 Å². The number of nitrogens with zero attached hydrogens (tertiary/aromatic N) is 1. The van der Waals surface area contributed by atoms with Crippen LogP contribution in [0.2, 0.25) is 0 Å². The van der Waals surface area contributed by atoms with Crippen LogP contribution in [0.5, 0.6) is 0 Å². The van der Waals surface area contributed by atoms with E-state index in [1.54, 1.807) is 0 Å². The van der Waals surface area contributed by atoms with Crippen LogP contribution >= 0.6 is 0 Å². The predicted octanol–water partition coefficient (Wildman–Crippen LogP) is 3.53. The average Bonchev–Trinajstić information content (AvgIpc) is 2.31. The molecule has 18 heavy (non-hydrogen) atoms. The molecule has 1 aromatic rings. The van der Waals surface area contributed by atoms with Crippen LogP contribution in [0.3, 0.4) is 0 Å². The highest BCUT2D eigenvalue weighted by molar-refractivity contribution is 5.45. The van der Waals surface area contributed by atoms with Gasteiger partial charge < -0.3 is 10.2 Å². The molecule has 0 unspecified atom stereocenters. The molecular weight excluding hydrogens is 220 g/mol. The summed E-state index contributed by atoms with van der Waals surface area (Å²) in [6.45, 7) is 11.6. The number of piperidine rings is 1. The van der Waals surface area contributed by atoms with Crippen molar-refractivity contribution in [1.29, 1.82) is 0 Å². The van der Waals surface area contributed by atoms with Crippen molar-refractivity contribution in [2.75, 3.05) is 31.5 Å². The Morgan fingerprint density at radius 2 is 1.94 bits per heavy atom. The Balaban J connectivity index is 1.70. The highest BCUT2D eigenvalue weighted by Gasteiger charge is 2.24. The lowest BCUT2D eigenvalue weighted by atomic mass is 9.83. The molecule has 2 rings (SSSR count). The van der Waals surface area contributed by atoms with E-state index in [-0.39, 0.29) is 0 Å². The van der Waals surface area contributed by atoms with E-state index in [0.29, 0.717) is 5.41 Å². The molecule has 1 heterocycles. The number of aryl methyl sites for hydroxylation is 1. The zero-order valence-electron chi connectivity index (χ0n) is 12.0. The molecule has 0 spiro atoms. The van der Waals surface area contributed by atoms with Crippen LogP contribution < -0.4 is 5.32 Å². The summed E-state index contributed by atoms with van der Waals surface area (Å²) >= 11 is 0. The SMILES string of the molecule is Cc1cccc(NCCN2CCC(C)(C)CC2)c1. The zero-order valence-corrected chi connectivity index (χ0v) is 12.0. The number of rotatable bonds is 4. The number of benzene rings is 1. The molecule has 1 aliphatic heterocycles. The van der Waals surface area contributed by atoms with Gasteiger partial charge in [0.1, 0.15) is 0 Å².